The number of thiazole rings is 1. The fraction of sp³-hybridized carbons (Fsp3) is 0.375. The van der Waals surface area contributed by atoms with E-state index in [4.69, 9.17) is 4.98 Å². The first-order valence-electron chi connectivity index (χ1n) is 11.3. The molecule has 0 radical (unpaired) electrons. The molecule has 0 unspecified atom stereocenters. The van der Waals surface area contributed by atoms with Crippen LogP contribution in [0, 0.1) is 0 Å². The Kier molecular flexibility index (Phi) is 4.84. The van der Waals surface area contributed by atoms with E-state index in [2.05, 4.69) is 44.6 Å². The summed E-state index contributed by atoms with van der Waals surface area (Å²) in [7, 11) is 0. The minimum absolute atomic E-state index is 0.181. The number of H-pyrrole nitrogens is 1. The van der Waals surface area contributed by atoms with Crippen LogP contribution in [0.15, 0.2) is 36.5 Å². The molecular weight excluding hydrogens is 420 g/mol. The topological polar surface area (TPSA) is 90.0 Å². The second-order valence-corrected chi connectivity index (χ2v) is 9.76. The van der Waals surface area contributed by atoms with Gasteiger partial charge in [0.15, 0.2) is 10.8 Å². The van der Waals surface area contributed by atoms with E-state index in [-0.39, 0.29) is 11.8 Å². The summed E-state index contributed by atoms with van der Waals surface area (Å²) in [6, 6.07) is 9.50. The summed E-state index contributed by atoms with van der Waals surface area (Å²) in [4.78, 5) is 12.1. The molecule has 3 N–H and O–H groups in total. The number of rotatable bonds is 3. The van der Waals surface area contributed by atoms with Crippen LogP contribution >= 0.6 is 11.3 Å². The zero-order chi connectivity index (χ0) is 21.7. The number of phenols is 1. The molecule has 1 aromatic carbocycles. The fourth-order valence-corrected chi connectivity index (χ4v) is 6.30. The Balaban J connectivity index is 1.36. The summed E-state index contributed by atoms with van der Waals surface area (Å²) in [5.41, 5.74) is 4.67. The summed E-state index contributed by atoms with van der Waals surface area (Å²) < 4.78 is 0. The highest BCUT2D eigenvalue weighted by molar-refractivity contribution is 7.15. The van der Waals surface area contributed by atoms with Crippen molar-refractivity contribution in [2.75, 3.05) is 24.5 Å². The highest BCUT2D eigenvalue weighted by Crippen LogP contribution is 2.41. The van der Waals surface area contributed by atoms with Gasteiger partial charge in [0.05, 0.1) is 11.7 Å². The summed E-state index contributed by atoms with van der Waals surface area (Å²) in [5.74, 6) is 0.844. The summed E-state index contributed by atoms with van der Waals surface area (Å²) in [6.07, 6.45) is 5.40. The van der Waals surface area contributed by atoms with Crippen LogP contribution in [0.1, 0.15) is 47.9 Å². The van der Waals surface area contributed by atoms with Crippen LogP contribution in [-0.4, -0.2) is 44.9 Å². The second kappa shape index (κ2) is 7.86. The number of anilines is 1. The first-order valence-corrected chi connectivity index (χ1v) is 12.1. The van der Waals surface area contributed by atoms with Crippen LogP contribution in [0.25, 0.3) is 22.3 Å². The van der Waals surface area contributed by atoms with Gasteiger partial charge >= 0.3 is 0 Å². The van der Waals surface area contributed by atoms with Gasteiger partial charge < -0.3 is 20.3 Å². The number of aromatic amines is 1. The lowest BCUT2D eigenvalue weighted by Crippen LogP contribution is -2.33. The Morgan fingerprint density at radius 3 is 2.84 bits per heavy atom. The van der Waals surface area contributed by atoms with Crippen molar-refractivity contribution in [3.63, 3.8) is 0 Å². The number of nitrogens with one attached hydrogen (secondary N) is 2. The van der Waals surface area contributed by atoms with Crippen LogP contribution in [0.5, 0.6) is 5.75 Å². The molecular formula is C24H26N6OS. The Morgan fingerprint density at radius 2 is 2.00 bits per heavy atom. The van der Waals surface area contributed by atoms with E-state index in [1.807, 2.05) is 29.5 Å². The summed E-state index contributed by atoms with van der Waals surface area (Å²) in [6.45, 7) is 5.37. The molecule has 3 aromatic heterocycles. The molecule has 4 aromatic rings. The van der Waals surface area contributed by atoms with Crippen LogP contribution in [-0.2, 0) is 6.42 Å². The maximum atomic E-state index is 10.3. The summed E-state index contributed by atoms with van der Waals surface area (Å²) >= 11 is 1.85. The average Bonchev–Trinajstić information content (AvgIpc) is 3.45. The van der Waals surface area contributed by atoms with E-state index >= 15 is 0 Å². The molecule has 0 amide bonds. The molecule has 8 heteroatoms. The van der Waals surface area contributed by atoms with E-state index in [1.54, 1.807) is 6.07 Å². The van der Waals surface area contributed by atoms with Crippen LogP contribution in [0.2, 0.25) is 0 Å². The molecule has 164 valence electrons. The monoisotopic (exact) mass is 446 g/mol. The quantitative estimate of drug-likeness (QED) is 0.433. The van der Waals surface area contributed by atoms with Crippen molar-refractivity contribution >= 4 is 27.5 Å². The molecule has 6 rings (SSSR count). The van der Waals surface area contributed by atoms with E-state index in [0.717, 1.165) is 42.2 Å². The van der Waals surface area contributed by atoms with Crippen molar-refractivity contribution in [3.05, 3.63) is 52.7 Å². The largest absolute Gasteiger partial charge is 0.507 e. The molecule has 32 heavy (non-hydrogen) atoms. The predicted molar refractivity (Wildman–Crippen MR) is 127 cm³/mol. The van der Waals surface area contributed by atoms with Gasteiger partial charge in [-0.15, -0.1) is 21.5 Å². The van der Waals surface area contributed by atoms with Crippen molar-refractivity contribution < 1.29 is 5.11 Å². The number of aromatic nitrogens is 4. The van der Waals surface area contributed by atoms with Gasteiger partial charge in [0.25, 0.3) is 0 Å². The van der Waals surface area contributed by atoms with Gasteiger partial charge in [0, 0.05) is 46.2 Å². The Morgan fingerprint density at radius 1 is 1.16 bits per heavy atom. The summed E-state index contributed by atoms with van der Waals surface area (Å²) in [5, 5.41) is 24.7. The third-order valence-electron chi connectivity index (χ3n) is 6.85. The standard InChI is InChI=1S/C24H26N6OS/c1-14-22-17-12-19(16-4-2-3-5-20(16)31)28-29-23(17)27-18(22)8-11-30(14)24-26-13-21(32-24)15-6-9-25-10-7-15/h2-5,12-15,25,31H,6-11H2,1H3,(H,27,29)/t14-/m0/s1. The van der Waals surface area contributed by atoms with E-state index in [1.165, 1.54) is 29.0 Å². The molecule has 0 aliphatic carbocycles. The molecule has 2 aliphatic rings. The minimum Gasteiger partial charge on any atom is -0.507 e. The number of hydrogen-bond donors (Lipinski definition) is 3. The molecule has 1 fully saturated rings. The molecule has 7 nitrogen and oxygen atoms in total. The lowest BCUT2D eigenvalue weighted by atomic mass is 9.97. The van der Waals surface area contributed by atoms with Crippen molar-refractivity contribution in [3.8, 4) is 17.0 Å². The number of fused-ring (bicyclic) bond motifs is 3. The zero-order valence-electron chi connectivity index (χ0n) is 18.0. The number of benzene rings is 1. The zero-order valence-corrected chi connectivity index (χ0v) is 18.8. The van der Waals surface area contributed by atoms with Crippen molar-refractivity contribution in [2.24, 2.45) is 0 Å². The Bertz CT molecular complexity index is 1270. The SMILES string of the molecule is C[C@H]1c2c([nH]c3nnc(-c4ccccc4O)cc23)CCN1c1ncc(C2CCNCC2)s1. The van der Waals surface area contributed by atoms with Crippen LogP contribution in [0.3, 0.4) is 0 Å². The number of para-hydroxylation sites is 1. The van der Waals surface area contributed by atoms with E-state index < -0.39 is 0 Å². The average molecular weight is 447 g/mol. The van der Waals surface area contributed by atoms with Gasteiger partial charge in [-0.05, 0) is 57.0 Å². The molecule has 0 spiro atoms. The molecule has 1 atom stereocenters. The van der Waals surface area contributed by atoms with Crippen molar-refractivity contribution in [1.29, 1.82) is 0 Å². The van der Waals surface area contributed by atoms with Crippen LogP contribution < -0.4 is 10.2 Å². The Hall–Kier alpha value is -2.97. The van der Waals surface area contributed by atoms with Gasteiger partial charge in [-0.3, -0.25) is 0 Å². The lowest BCUT2D eigenvalue weighted by Gasteiger charge is -2.33. The van der Waals surface area contributed by atoms with Crippen molar-refractivity contribution in [2.45, 2.75) is 38.1 Å². The Labute approximate surface area is 190 Å². The molecule has 0 saturated carbocycles. The third-order valence-corrected chi connectivity index (χ3v) is 8.04. The van der Waals surface area contributed by atoms with E-state index in [9.17, 15) is 5.11 Å². The molecule has 1 saturated heterocycles. The van der Waals surface area contributed by atoms with Gasteiger partial charge in [-0.25, -0.2) is 4.98 Å². The van der Waals surface area contributed by atoms with Crippen LogP contribution in [0.4, 0.5) is 5.13 Å². The fourth-order valence-electron chi connectivity index (χ4n) is 5.11. The number of piperidine rings is 1. The number of phenolic OH excluding ortho intramolecular Hbond substituents is 1. The maximum Gasteiger partial charge on any atom is 0.186 e. The first-order chi connectivity index (χ1) is 15.7. The minimum atomic E-state index is 0.181. The number of hydrogen-bond acceptors (Lipinski definition) is 7. The second-order valence-electron chi connectivity index (χ2n) is 8.72. The van der Waals surface area contributed by atoms with Crippen molar-refractivity contribution in [1.82, 2.24) is 25.5 Å². The number of nitrogens with zero attached hydrogens (tertiary/aromatic N) is 4. The molecule has 0 bridgehead atoms. The van der Waals surface area contributed by atoms with E-state index in [0.29, 0.717) is 17.2 Å². The van der Waals surface area contributed by atoms with Gasteiger partial charge in [-0.1, -0.05) is 12.1 Å². The third kappa shape index (κ3) is 3.25. The predicted octanol–water partition coefficient (Wildman–Crippen LogP) is 4.38. The normalized spacial score (nSPS) is 19.4. The number of aromatic hydroxyl groups is 1. The van der Waals surface area contributed by atoms with Gasteiger partial charge in [0.2, 0.25) is 0 Å². The maximum absolute atomic E-state index is 10.3. The van der Waals surface area contributed by atoms with Gasteiger partial charge in [0.1, 0.15) is 5.75 Å². The first kappa shape index (κ1) is 19.7. The molecule has 2 aliphatic heterocycles. The highest BCUT2D eigenvalue weighted by Gasteiger charge is 2.31. The molecule has 5 heterocycles. The highest BCUT2D eigenvalue weighted by atomic mass is 32.1. The smallest absolute Gasteiger partial charge is 0.186 e. The van der Waals surface area contributed by atoms with Gasteiger partial charge in [-0.2, -0.15) is 0 Å². The lowest BCUT2D eigenvalue weighted by molar-refractivity contribution is 0.465.